The average molecular weight is 296 g/mol. The molecular weight excluding hydrogens is 280 g/mol. The lowest BCUT2D eigenvalue weighted by Crippen LogP contribution is -2.14. The van der Waals surface area contributed by atoms with Crippen molar-refractivity contribution < 1.29 is 9.53 Å². The molecule has 0 fully saturated rings. The van der Waals surface area contributed by atoms with Crippen LogP contribution >= 0.6 is 11.5 Å². The molecule has 1 unspecified atom stereocenters. The molecule has 108 valence electrons. The molecule has 0 saturated carbocycles. The Hall–Kier alpha value is -2.16. The SMILES string of the molecule is CCOC(=O)c1c(N)nsc1NC(C)c1nncn1C. The lowest BCUT2D eigenvalue weighted by Gasteiger charge is -2.13. The van der Waals surface area contributed by atoms with Gasteiger partial charge in [0, 0.05) is 7.05 Å². The Morgan fingerprint density at radius 3 is 3.00 bits per heavy atom. The molecule has 1 atom stereocenters. The zero-order valence-electron chi connectivity index (χ0n) is 11.5. The molecular formula is C11H16N6O2S. The van der Waals surface area contributed by atoms with E-state index in [2.05, 4.69) is 19.9 Å². The molecule has 0 aliphatic carbocycles. The quantitative estimate of drug-likeness (QED) is 0.798. The largest absolute Gasteiger partial charge is 0.462 e. The van der Waals surface area contributed by atoms with Crippen molar-refractivity contribution in [2.24, 2.45) is 7.05 Å². The van der Waals surface area contributed by atoms with Gasteiger partial charge in [-0.1, -0.05) is 0 Å². The number of carbonyl (C=O) groups excluding carboxylic acids is 1. The van der Waals surface area contributed by atoms with Gasteiger partial charge in [-0.2, -0.15) is 4.37 Å². The number of nitrogen functional groups attached to an aromatic ring is 1. The van der Waals surface area contributed by atoms with Gasteiger partial charge in [0.05, 0.1) is 12.6 Å². The van der Waals surface area contributed by atoms with Gasteiger partial charge in [-0.15, -0.1) is 10.2 Å². The standard InChI is InChI=1S/C11H16N6O2S/c1-4-19-11(18)7-8(12)16-20-10(7)14-6(2)9-15-13-5-17(9)3/h5-6,14H,4H2,1-3H3,(H2,12,16). The third-order valence-electron chi connectivity index (χ3n) is 2.68. The highest BCUT2D eigenvalue weighted by atomic mass is 32.1. The summed E-state index contributed by atoms with van der Waals surface area (Å²) in [7, 11) is 1.85. The topological polar surface area (TPSA) is 108 Å². The summed E-state index contributed by atoms with van der Waals surface area (Å²) in [4.78, 5) is 11.9. The van der Waals surface area contributed by atoms with Gasteiger partial charge in [0.2, 0.25) is 0 Å². The van der Waals surface area contributed by atoms with Crippen LogP contribution in [0.15, 0.2) is 6.33 Å². The van der Waals surface area contributed by atoms with Crippen LogP contribution < -0.4 is 11.1 Å². The van der Waals surface area contributed by atoms with Crippen LogP contribution in [0.2, 0.25) is 0 Å². The molecule has 0 spiro atoms. The molecule has 20 heavy (non-hydrogen) atoms. The van der Waals surface area contributed by atoms with Crippen molar-refractivity contribution >= 4 is 28.3 Å². The fourth-order valence-corrected chi connectivity index (χ4v) is 2.54. The van der Waals surface area contributed by atoms with Gasteiger partial charge >= 0.3 is 5.97 Å². The van der Waals surface area contributed by atoms with Crippen molar-refractivity contribution in [3.8, 4) is 0 Å². The highest BCUT2D eigenvalue weighted by molar-refractivity contribution is 7.11. The minimum absolute atomic E-state index is 0.143. The molecule has 0 amide bonds. The van der Waals surface area contributed by atoms with Crippen molar-refractivity contribution in [1.29, 1.82) is 0 Å². The Labute approximate surface area is 120 Å². The number of aryl methyl sites for hydroxylation is 1. The molecule has 0 saturated heterocycles. The molecule has 0 bridgehead atoms. The van der Waals surface area contributed by atoms with Crippen molar-refractivity contribution in [3.63, 3.8) is 0 Å². The number of nitrogens with two attached hydrogens (primary N) is 1. The van der Waals surface area contributed by atoms with Crippen molar-refractivity contribution in [2.45, 2.75) is 19.9 Å². The van der Waals surface area contributed by atoms with Crippen molar-refractivity contribution in [2.75, 3.05) is 17.7 Å². The Bertz CT molecular complexity index is 608. The summed E-state index contributed by atoms with van der Waals surface area (Å²) in [6, 6.07) is -0.143. The monoisotopic (exact) mass is 296 g/mol. The number of ether oxygens (including phenoxy) is 1. The first-order chi connectivity index (χ1) is 9.54. The van der Waals surface area contributed by atoms with E-state index in [1.165, 1.54) is 0 Å². The second-order valence-electron chi connectivity index (χ2n) is 4.16. The number of carbonyl (C=O) groups is 1. The molecule has 2 rings (SSSR count). The maximum absolute atomic E-state index is 11.9. The Morgan fingerprint density at radius 2 is 2.40 bits per heavy atom. The van der Waals surface area contributed by atoms with E-state index in [0.29, 0.717) is 5.00 Å². The van der Waals surface area contributed by atoms with Gasteiger partial charge < -0.3 is 20.4 Å². The second-order valence-corrected chi connectivity index (χ2v) is 4.93. The van der Waals surface area contributed by atoms with Crippen LogP contribution in [0.4, 0.5) is 10.8 Å². The van der Waals surface area contributed by atoms with Crippen molar-refractivity contribution in [1.82, 2.24) is 19.1 Å². The molecule has 0 radical (unpaired) electrons. The number of anilines is 2. The van der Waals surface area contributed by atoms with Crippen LogP contribution in [-0.4, -0.2) is 31.7 Å². The first kappa shape index (κ1) is 14.3. The molecule has 9 heteroatoms. The molecule has 8 nitrogen and oxygen atoms in total. The molecule has 2 aromatic heterocycles. The highest BCUT2D eigenvalue weighted by Gasteiger charge is 2.23. The van der Waals surface area contributed by atoms with Gasteiger partial charge in [0.15, 0.2) is 11.6 Å². The Morgan fingerprint density at radius 1 is 1.65 bits per heavy atom. The van der Waals surface area contributed by atoms with Crippen LogP contribution in [-0.2, 0) is 11.8 Å². The van der Waals surface area contributed by atoms with E-state index in [4.69, 9.17) is 10.5 Å². The van der Waals surface area contributed by atoms with Gasteiger partial charge in [-0.05, 0) is 25.4 Å². The summed E-state index contributed by atoms with van der Waals surface area (Å²) in [5, 5.41) is 11.6. The third kappa shape index (κ3) is 2.72. The third-order valence-corrected chi connectivity index (χ3v) is 3.47. The number of nitrogens with one attached hydrogen (secondary N) is 1. The zero-order valence-corrected chi connectivity index (χ0v) is 12.3. The van der Waals surface area contributed by atoms with Crippen LogP contribution in [0.5, 0.6) is 0 Å². The van der Waals surface area contributed by atoms with Crippen molar-refractivity contribution in [3.05, 3.63) is 17.7 Å². The lowest BCUT2D eigenvalue weighted by atomic mass is 10.2. The molecule has 2 aromatic rings. The van der Waals surface area contributed by atoms with Crippen LogP contribution in [0, 0.1) is 0 Å². The molecule has 3 N–H and O–H groups in total. The molecule has 0 aromatic carbocycles. The first-order valence-electron chi connectivity index (χ1n) is 6.07. The summed E-state index contributed by atoms with van der Waals surface area (Å²) in [5.41, 5.74) is 5.99. The Balaban J connectivity index is 2.22. The minimum atomic E-state index is -0.480. The number of hydrogen-bond donors (Lipinski definition) is 2. The molecule has 2 heterocycles. The van der Waals surface area contributed by atoms with E-state index in [0.717, 1.165) is 17.4 Å². The Kier molecular flexibility index (Phi) is 4.18. The van der Waals surface area contributed by atoms with Crippen LogP contribution in [0.1, 0.15) is 36.1 Å². The van der Waals surface area contributed by atoms with E-state index in [1.807, 2.05) is 14.0 Å². The first-order valence-corrected chi connectivity index (χ1v) is 6.84. The highest BCUT2D eigenvalue weighted by Crippen LogP contribution is 2.30. The normalized spacial score (nSPS) is 12.2. The van der Waals surface area contributed by atoms with Gasteiger partial charge in [-0.25, -0.2) is 4.79 Å². The summed E-state index contributed by atoms with van der Waals surface area (Å²) in [5.74, 6) is 0.430. The molecule has 0 aliphatic rings. The van der Waals surface area contributed by atoms with Gasteiger partial charge in [-0.3, -0.25) is 0 Å². The second kappa shape index (κ2) is 5.87. The van der Waals surface area contributed by atoms with E-state index in [9.17, 15) is 4.79 Å². The number of nitrogens with zero attached hydrogens (tertiary/aromatic N) is 4. The summed E-state index contributed by atoms with van der Waals surface area (Å²) in [6.07, 6.45) is 1.61. The fourth-order valence-electron chi connectivity index (χ4n) is 1.75. The van der Waals surface area contributed by atoms with E-state index in [-0.39, 0.29) is 24.0 Å². The van der Waals surface area contributed by atoms with Gasteiger partial charge in [0.1, 0.15) is 16.9 Å². The summed E-state index contributed by atoms with van der Waals surface area (Å²) >= 11 is 1.12. The number of aromatic nitrogens is 4. The maximum Gasteiger partial charge on any atom is 0.344 e. The predicted molar refractivity (Wildman–Crippen MR) is 75.5 cm³/mol. The molecule has 0 aliphatic heterocycles. The smallest absolute Gasteiger partial charge is 0.344 e. The average Bonchev–Trinajstić information content (AvgIpc) is 2.96. The van der Waals surface area contributed by atoms with E-state index in [1.54, 1.807) is 17.8 Å². The number of hydrogen-bond acceptors (Lipinski definition) is 8. The summed E-state index contributed by atoms with van der Waals surface area (Å²) < 4.78 is 10.8. The minimum Gasteiger partial charge on any atom is -0.462 e. The summed E-state index contributed by atoms with van der Waals surface area (Å²) in [6.45, 7) is 3.93. The fraction of sp³-hybridized carbons (Fsp3) is 0.455. The number of esters is 1. The number of rotatable bonds is 5. The van der Waals surface area contributed by atoms with Gasteiger partial charge in [0.25, 0.3) is 0 Å². The van der Waals surface area contributed by atoms with E-state index < -0.39 is 5.97 Å². The maximum atomic E-state index is 11.9. The lowest BCUT2D eigenvalue weighted by molar-refractivity contribution is 0.0529. The van der Waals surface area contributed by atoms with E-state index >= 15 is 0 Å². The van der Waals surface area contributed by atoms with Crippen LogP contribution in [0.25, 0.3) is 0 Å². The predicted octanol–water partition coefficient (Wildman–Crippen LogP) is 1.20. The zero-order chi connectivity index (χ0) is 14.7. The van der Waals surface area contributed by atoms with Crippen LogP contribution in [0.3, 0.4) is 0 Å².